The largest absolute Gasteiger partial charge is 0.378 e. The normalized spacial score (nSPS) is 15.6. The molecule has 3 rings (SSSR count). The standard InChI is InChI=1S/C20H28ClN5O2S/c1-14(2)13-26-19(25-8-10-28-11-9-25)23-24-20(26)29-15(3)18(27)22-12-16-6-4-5-7-17(16)21/h4-7,14-15H,8-13H2,1-3H3,(H,22,27). The summed E-state index contributed by atoms with van der Waals surface area (Å²) in [6, 6.07) is 7.52. The SMILES string of the molecule is CC(C)Cn1c(SC(C)C(=O)NCc2ccccc2Cl)nnc1N1CCOCC1. The summed E-state index contributed by atoms with van der Waals surface area (Å²) in [5.74, 6) is 1.24. The number of hydrogen-bond acceptors (Lipinski definition) is 6. The number of nitrogens with one attached hydrogen (secondary N) is 1. The molecule has 0 aliphatic carbocycles. The van der Waals surface area contributed by atoms with Crippen molar-refractivity contribution in [2.24, 2.45) is 5.92 Å². The molecule has 1 aromatic heterocycles. The summed E-state index contributed by atoms with van der Waals surface area (Å²) in [4.78, 5) is 14.8. The highest BCUT2D eigenvalue weighted by Crippen LogP contribution is 2.27. The topological polar surface area (TPSA) is 72.3 Å². The van der Waals surface area contributed by atoms with Crippen LogP contribution in [0.2, 0.25) is 5.02 Å². The van der Waals surface area contributed by atoms with Crippen molar-refractivity contribution in [3.8, 4) is 0 Å². The predicted octanol–water partition coefficient (Wildman–Crippen LogP) is 3.22. The van der Waals surface area contributed by atoms with Crippen LogP contribution in [0.15, 0.2) is 29.4 Å². The minimum Gasteiger partial charge on any atom is -0.378 e. The van der Waals surface area contributed by atoms with Gasteiger partial charge in [-0.05, 0) is 24.5 Å². The van der Waals surface area contributed by atoms with E-state index in [1.54, 1.807) is 0 Å². The van der Waals surface area contributed by atoms with Gasteiger partial charge >= 0.3 is 0 Å². The van der Waals surface area contributed by atoms with Gasteiger partial charge in [0.25, 0.3) is 0 Å². The van der Waals surface area contributed by atoms with Gasteiger partial charge in [-0.1, -0.05) is 55.4 Å². The van der Waals surface area contributed by atoms with E-state index in [-0.39, 0.29) is 11.2 Å². The van der Waals surface area contributed by atoms with Crippen LogP contribution in [0.3, 0.4) is 0 Å². The number of carbonyl (C=O) groups is 1. The van der Waals surface area contributed by atoms with Gasteiger partial charge in [0.1, 0.15) is 0 Å². The number of carbonyl (C=O) groups excluding carboxylic acids is 1. The molecule has 1 amide bonds. The van der Waals surface area contributed by atoms with Gasteiger partial charge in [0.15, 0.2) is 5.16 Å². The van der Waals surface area contributed by atoms with Crippen LogP contribution in [0.5, 0.6) is 0 Å². The number of benzene rings is 1. The number of morpholine rings is 1. The van der Waals surface area contributed by atoms with Crippen LogP contribution in [0.1, 0.15) is 26.3 Å². The second-order valence-electron chi connectivity index (χ2n) is 7.46. The molecule has 1 saturated heterocycles. The number of hydrogen-bond donors (Lipinski definition) is 1. The zero-order valence-corrected chi connectivity index (χ0v) is 18.7. The van der Waals surface area contributed by atoms with Crippen molar-refractivity contribution in [3.63, 3.8) is 0 Å². The van der Waals surface area contributed by atoms with Crippen molar-refractivity contribution in [1.29, 1.82) is 0 Å². The predicted molar refractivity (Wildman–Crippen MR) is 117 cm³/mol. The second-order valence-corrected chi connectivity index (χ2v) is 9.17. The lowest BCUT2D eigenvalue weighted by Crippen LogP contribution is -2.38. The maximum absolute atomic E-state index is 12.6. The molecule has 9 heteroatoms. The Morgan fingerprint density at radius 2 is 1.97 bits per heavy atom. The Hall–Kier alpha value is -1.77. The Bertz CT molecular complexity index is 823. The molecule has 158 valence electrons. The molecular weight excluding hydrogens is 410 g/mol. The van der Waals surface area contributed by atoms with E-state index in [1.807, 2.05) is 31.2 Å². The molecule has 7 nitrogen and oxygen atoms in total. The Balaban J connectivity index is 1.66. The van der Waals surface area contributed by atoms with E-state index in [1.165, 1.54) is 11.8 Å². The molecule has 2 aromatic rings. The number of aromatic nitrogens is 3. The summed E-state index contributed by atoms with van der Waals surface area (Å²) in [7, 11) is 0. The first kappa shape index (κ1) is 21.9. The lowest BCUT2D eigenvalue weighted by molar-refractivity contribution is -0.120. The van der Waals surface area contributed by atoms with Crippen LogP contribution >= 0.6 is 23.4 Å². The lowest BCUT2D eigenvalue weighted by Gasteiger charge is -2.28. The number of nitrogens with zero attached hydrogens (tertiary/aromatic N) is 4. The van der Waals surface area contributed by atoms with Crippen molar-refractivity contribution >= 4 is 35.2 Å². The molecule has 0 bridgehead atoms. The lowest BCUT2D eigenvalue weighted by atomic mass is 10.2. The molecule has 1 fully saturated rings. The Labute approximate surface area is 181 Å². The zero-order chi connectivity index (χ0) is 20.8. The molecule has 2 heterocycles. The van der Waals surface area contributed by atoms with Crippen LogP contribution in [-0.2, 0) is 22.6 Å². The van der Waals surface area contributed by atoms with Gasteiger partial charge in [0.2, 0.25) is 11.9 Å². The van der Waals surface area contributed by atoms with Gasteiger partial charge < -0.3 is 15.0 Å². The van der Waals surface area contributed by atoms with Gasteiger partial charge in [-0.3, -0.25) is 9.36 Å². The molecule has 1 atom stereocenters. The van der Waals surface area contributed by atoms with Gasteiger partial charge in [-0.25, -0.2) is 0 Å². The number of amides is 1. The summed E-state index contributed by atoms with van der Waals surface area (Å²) < 4.78 is 7.57. The molecule has 29 heavy (non-hydrogen) atoms. The van der Waals surface area contributed by atoms with Crippen LogP contribution in [0.4, 0.5) is 5.95 Å². The molecular formula is C20H28ClN5O2S. The molecule has 0 spiro atoms. The first-order valence-electron chi connectivity index (χ1n) is 9.89. The van der Waals surface area contributed by atoms with Crippen molar-refractivity contribution in [3.05, 3.63) is 34.9 Å². The van der Waals surface area contributed by atoms with Crippen molar-refractivity contribution < 1.29 is 9.53 Å². The number of thioether (sulfide) groups is 1. The monoisotopic (exact) mass is 437 g/mol. The zero-order valence-electron chi connectivity index (χ0n) is 17.1. The molecule has 1 aromatic carbocycles. The minimum atomic E-state index is -0.301. The number of rotatable bonds is 8. The summed E-state index contributed by atoms with van der Waals surface area (Å²) in [6.07, 6.45) is 0. The molecule has 0 radical (unpaired) electrons. The quantitative estimate of drug-likeness (QED) is 0.639. The average molecular weight is 438 g/mol. The van der Waals surface area contributed by atoms with Crippen LogP contribution in [0.25, 0.3) is 0 Å². The minimum absolute atomic E-state index is 0.0538. The van der Waals surface area contributed by atoms with Crippen LogP contribution in [-0.4, -0.2) is 52.2 Å². The summed E-state index contributed by atoms with van der Waals surface area (Å²) in [5.41, 5.74) is 0.900. The van der Waals surface area contributed by atoms with Crippen molar-refractivity contribution in [2.45, 2.75) is 44.3 Å². The van der Waals surface area contributed by atoms with Crippen molar-refractivity contribution in [2.75, 3.05) is 31.2 Å². The van der Waals surface area contributed by atoms with Gasteiger partial charge in [-0.2, -0.15) is 0 Å². The van der Waals surface area contributed by atoms with E-state index >= 15 is 0 Å². The number of anilines is 1. The Morgan fingerprint density at radius 1 is 1.24 bits per heavy atom. The third-order valence-electron chi connectivity index (χ3n) is 4.60. The fraction of sp³-hybridized carbons (Fsp3) is 0.550. The van der Waals surface area contributed by atoms with Crippen molar-refractivity contribution in [1.82, 2.24) is 20.1 Å². The number of ether oxygens (including phenoxy) is 1. The second kappa shape index (κ2) is 10.3. The molecule has 1 N–H and O–H groups in total. The molecule has 1 unspecified atom stereocenters. The van der Waals surface area contributed by atoms with Gasteiger partial charge in [0.05, 0.1) is 18.5 Å². The molecule has 0 saturated carbocycles. The maximum atomic E-state index is 12.6. The molecule has 1 aliphatic rings. The van der Waals surface area contributed by atoms with Gasteiger partial charge in [-0.15, -0.1) is 10.2 Å². The first-order valence-corrected chi connectivity index (χ1v) is 11.1. The highest BCUT2D eigenvalue weighted by molar-refractivity contribution is 8.00. The summed E-state index contributed by atoms with van der Waals surface area (Å²) in [6.45, 7) is 10.4. The van der Waals surface area contributed by atoms with E-state index in [0.29, 0.717) is 30.7 Å². The average Bonchev–Trinajstić information content (AvgIpc) is 3.09. The third kappa shape index (κ3) is 5.87. The summed E-state index contributed by atoms with van der Waals surface area (Å²) in [5, 5.41) is 12.9. The fourth-order valence-corrected chi connectivity index (χ4v) is 4.15. The van der Waals surface area contributed by atoms with Gasteiger partial charge in [0, 0.05) is 31.2 Å². The van der Waals surface area contributed by atoms with E-state index in [4.69, 9.17) is 16.3 Å². The number of halogens is 1. The highest BCUT2D eigenvalue weighted by Gasteiger charge is 2.24. The Morgan fingerprint density at radius 3 is 2.66 bits per heavy atom. The van der Waals surface area contributed by atoms with Crippen LogP contribution in [0, 0.1) is 5.92 Å². The molecule has 1 aliphatic heterocycles. The van der Waals surface area contributed by atoms with E-state index in [2.05, 4.69) is 38.8 Å². The highest BCUT2D eigenvalue weighted by atomic mass is 35.5. The summed E-state index contributed by atoms with van der Waals surface area (Å²) >= 11 is 7.60. The first-order chi connectivity index (χ1) is 14.0. The van der Waals surface area contributed by atoms with Crippen LogP contribution < -0.4 is 10.2 Å². The smallest absolute Gasteiger partial charge is 0.233 e. The van der Waals surface area contributed by atoms with E-state index < -0.39 is 0 Å². The maximum Gasteiger partial charge on any atom is 0.233 e. The van der Waals surface area contributed by atoms with E-state index in [9.17, 15) is 4.79 Å². The Kier molecular flexibility index (Phi) is 7.80. The third-order valence-corrected chi connectivity index (χ3v) is 6.05. The fourth-order valence-electron chi connectivity index (χ4n) is 3.07. The van der Waals surface area contributed by atoms with E-state index in [0.717, 1.165) is 36.3 Å².